The molecule has 1 aliphatic rings. The maximum atomic E-state index is 12.6. The Hall–Kier alpha value is -0.166. The second-order valence-electron chi connectivity index (χ2n) is 7.46. The molecule has 0 atom stereocenters. The molecule has 2 rings (SSSR count). The molecule has 1 fully saturated rings. The van der Waals surface area contributed by atoms with Gasteiger partial charge in [-0.3, -0.25) is 4.90 Å². The van der Waals surface area contributed by atoms with E-state index in [2.05, 4.69) is 7.05 Å². The van der Waals surface area contributed by atoms with Crippen molar-refractivity contribution < 1.29 is 55.1 Å². The Labute approximate surface area is 180 Å². The van der Waals surface area contributed by atoms with Crippen LogP contribution >= 0.6 is 0 Å². The van der Waals surface area contributed by atoms with Gasteiger partial charge in [0, 0.05) is 58.6 Å². The molecule has 0 N–H and O–H groups in total. The van der Waals surface area contributed by atoms with Gasteiger partial charge in [-0.05, 0) is 25.0 Å². The van der Waals surface area contributed by atoms with E-state index in [1.54, 1.807) is 0 Å². The van der Waals surface area contributed by atoms with Crippen LogP contribution < -0.4 is 4.74 Å². The predicted octanol–water partition coefficient (Wildman–Crippen LogP) is 3.78. The van der Waals surface area contributed by atoms with Crippen LogP contribution in [-0.2, 0) is 32.7 Å². The van der Waals surface area contributed by atoms with Crippen LogP contribution in [0.25, 0.3) is 0 Å². The van der Waals surface area contributed by atoms with Gasteiger partial charge in [-0.1, -0.05) is 18.2 Å². The van der Waals surface area contributed by atoms with Gasteiger partial charge in [-0.25, -0.2) is 0 Å². The molecule has 0 aliphatic carbocycles. The number of nitrogens with zero attached hydrogens (tertiary/aromatic N) is 2. The van der Waals surface area contributed by atoms with Crippen LogP contribution in [0.15, 0.2) is 18.2 Å². The smallest absolute Gasteiger partial charge is 0.401 e. The Morgan fingerprint density at radius 3 is 2.12 bits per heavy atom. The van der Waals surface area contributed by atoms with E-state index >= 15 is 0 Å². The van der Waals surface area contributed by atoms with Gasteiger partial charge in [0.25, 0.3) is 0 Å². The SMILES string of the molecule is Cc1cccc(C)c1OCC[N+]1(C)CCCN(CC(F)(F)F)CCC1.[Y]. The van der Waals surface area contributed by atoms with E-state index in [-0.39, 0.29) is 32.7 Å². The molecule has 1 aromatic carbocycles. The first-order valence-electron chi connectivity index (χ1n) is 9.00. The number of rotatable bonds is 5. The van der Waals surface area contributed by atoms with E-state index in [4.69, 9.17) is 4.74 Å². The standard InChI is InChI=1S/C19H30F3N2O.Y/c1-16-7-4-8-17(2)18(16)25-14-13-24(3)11-5-9-23(10-6-12-24)15-19(20,21)22;/h4,7-8H,5-6,9-15H2,1-3H3;/q+1;. The zero-order valence-corrected chi connectivity index (χ0v) is 18.9. The molecule has 1 saturated heterocycles. The van der Waals surface area contributed by atoms with E-state index in [1.807, 2.05) is 32.0 Å². The molecule has 0 saturated carbocycles. The molecule has 3 nitrogen and oxygen atoms in total. The van der Waals surface area contributed by atoms with Gasteiger partial charge < -0.3 is 9.22 Å². The number of benzene rings is 1. The molecule has 0 unspecified atom stereocenters. The summed E-state index contributed by atoms with van der Waals surface area (Å²) in [5, 5.41) is 0. The molecule has 0 amide bonds. The molecule has 0 aromatic heterocycles. The number of halogens is 3. The number of ether oxygens (including phenoxy) is 1. The second-order valence-corrected chi connectivity index (χ2v) is 7.46. The van der Waals surface area contributed by atoms with Gasteiger partial charge in [-0.2, -0.15) is 13.2 Å². The summed E-state index contributed by atoms with van der Waals surface area (Å²) in [7, 11) is 2.19. The van der Waals surface area contributed by atoms with Crippen LogP contribution in [0.4, 0.5) is 13.2 Å². The topological polar surface area (TPSA) is 12.5 Å². The zero-order chi connectivity index (χ0) is 18.5. The maximum Gasteiger partial charge on any atom is 0.401 e. The molecular weight excluding hydrogens is 418 g/mol. The summed E-state index contributed by atoms with van der Waals surface area (Å²) in [6.07, 6.45) is -2.53. The van der Waals surface area contributed by atoms with Crippen LogP contribution in [0.3, 0.4) is 0 Å². The Balaban J connectivity index is 0.00000338. The molecule has 7 heteroatoms. The summed E-state index contributed by atoms with van der Waals surface area (Å²) >= 11 is 0. The van der Waals surface area contributed by atoms with Crippen molar-refractivity contribution in [1.82, 2.24) is 4.90 Å². The van der Waals surface area contributed by atoms with Crippen LogP contribution in [0, 0.1) is 13.8 Å². The number of hydrogen-bond donors (Lipinski definition) is 0. The predicted molar refractivity (Wildman–Crippen MR) is 93.9 cm³/mol. The van der Waals surface area contributed by atoms with Crippen LogP contribution in [0.5, 0.6) is 5.75 Å². The molecule has 145 valence electrons. The minimum absolute atomic E-state index is 0. The van der Waals surface area contributed by atoms with Gasteiger partial charge in [-0.15, -0.1) is 0 Å². The maximum absolute atomic E-state index is 12.6. The number of aryl methyl sites for hydroxylation is 2. The van der Waals surface area contributed by atoms with Crippen molar-refractivity contribution in [1.29, 1.82) is 0 Å². The Bertz CT molecular complexity index is 536. The average Bonchev–Trinajstić information content (AvgIpc) is 2.47. The van der Waals surface area contributed by atoms with Crippen molar-refractivity contribution in [2.24, 2.45) is 0 Å². The summed E-state index contributed by atoms with van der Waals surface area (Å²) < 4.78 is 44.6. The van der Waals surface area contributed by atoms with E-state index in [0.29, 0.717) is 19.7 Å². The Morgan fingerprint density at radius 2 is 1.62 bits per heavy atom. The molecule has 0 spiro atoms. The monoisotopic (exact) mass is 448 g/mol. The van der Waals surface area contributed by atoms with Crippen molar-refractivity contribution in [3.63, 3.8) is 0 Å². The van der Waals surface area contributed by atoms with Crippen LogP contribution in [-0.4, -0.2) is 68.5 Å². The van der Waals surface area contributed by atoms with E-state index < -0.39 is 12.7 Å². The fourth-order valence-electron chi connectivity index (χ4n) is 3.61. The van der Waals surface area contributed by atoms with Gasteiger partial charge >= 0.3 is 6.18 Å². The van der Waals surface area contributed by atoms with Crippen LogP contribution in [0.1, 0.15) is 24.0 Å². The van der Waals surface area contributed by atoms with Crippen LogP contribution in [0.2, 0.25) is 0 Å². The Morgan fingerprint density at radius 1 is 1.08 bits per heavy atom. The largest absolute Gasteiger partial charge is 0.487 e. The number of hydrogen-bond acceptors (Lipinski definition) is 2. The Kier molecular flexibility index (Phi) is 9.55. The van der Waals surface area contributed by atoms with Crippen molar-refractivity contribution in [2.75, 3.05) is 52.9 Å². The molecule has 0 bridgehead atoms. The summed E-state index contributed by atoms with van der Waals surface area (Å²) in [4.78, 5) is 1.54. The van der Waals surface area contributed by atoms with E-state index in [1.165, 1.54) is 4.90 Å². The summed E-state index contributed by atoms with van der Waals surface area (Å²) in [6, 6.07) is 6.12. The number of alkyl halides is 3. The summed E-state index contributed by atoms with van der Waals surface area (Å²) in [6.45, 7) is 7.65. The third-order valence-electron chi connectivity index (χ3n) is 5.03. The number of para-hydroxylation sites is 1. The zero-order valence-electron chi connectivity index (χ0n) is 16.1. The summed E-state index contributed by atoms with van der Waals surface area (Å²) in [5.41, 5.74) is 2.27. The average molecular weight is 448 g/mol. The molecule has 1 aliphatic heterocycles. The van der Waals surface area contributed by atoms with E-state index in [0.717, 1.165) is 53.8 Å². The van der Waals surface area contributed by atoms with Gasteiger partial charge in [0.15, 0.2) is 0 Å². The first kappa shape index (κ1) is 23.9. The van der Waals surface area contributed by atoms with Gasteiger partial charge in [0.2, 0.25) is 0 Å². The molecule has 1 heterocycles. The minimum atomic E-state index is -4.10. The summed E-state index contributed by atoms with van der Waals surface area (Å²) in [5.74, 6) is 0.956. The fourth-order valence-corrected chi connectivity index (χ4v) is 3.61. The first-order valence-corrected chi connectivity index (χ1v) is 9.00. The third-order valence-corrected chi connectivity index (χ3v) is 5.03. The quantitative estimate of drug-likeness (QED) is 0.636. The van der Waals surface area contributed by atoms with Crippen molar-refractivity contribution in [2.45, 2.75) is 32.9 Å². The van der Waals surface area contributed by atoms with Crippen molar-refractivity contribution >= 4 is 0 Å². The second kappa shape index (κ2) is 10.4. The van der Waals surface area contributed by atoms with Gasteiger partial charge in [0.1, 0.15) is 18.9 Å². The van der Waals surface area contributed by atoms with Crippen molar-refractivity contribution in [3.05, 3.63) is 29.3 Å². The fraction of sp³-hybridized carbons (Fsp3) is 0.684. The molecule has 26 heavy (non-hydrogen) atoms. The first-order chi connectivity index (χ1) is 11.7. The van der Waals surface area contributed by atoms with Gasteiger partial charge in [0.05, 0.1) is 26.7 Å². The molecular formula is C19H30F3N2OY+. The van der Waals surface area contributed by atoms with E-state index in [9.17, 15) is 13.2 Å². The normalized spacial score (nSPS) is 18.5. The minimum Gasteiger partial charge on any atom is -0.487 e. The van der Waals surface area contributed by atoms with Crippen molar-refractivity contribution in [3.8, 4) is 5.75 Å². The third kappa shape index (κ3) is 7.83. The number of quaternary nitrogens is 1. The molecule has 1 radical (unpaired) electrons. The number of likely N-dealkylation sites (N-methyl/N-ethyl adjacent to an activating group) is 1. The molecule has 1 aromatic rings.